The first-order valence-electron chi connectivity index (χ1n) is 8.09. The summed E-state index contributed by atoms with van der Waals surface area (Å²) in [6, 6.07) is 0. The summed E-state index contributed by atoms with van der Waals surface area (Å²) in [6.45, 7) is 6.64. The zero-order valence-corrected chi connectivity index (χ0v) is 14.1. The van der Waals surface area contributed by atoms with Crippen LogP contribution in [0.25, 0.3) is 0 Å². The van der Waals surface area contributed by atoms with Gasteiger partial charge >= 0.3 is 11.9 Å². The van der Waals surface area contributed by atoms with Gasteiger partial charge in [0.1, 0.15) is 6.10 Å². The average molecular weight is 312 g/mol. The summed E-state index contributed by atoms with van der Waals surface area (Å²) < 4.78 is 16.5. The monoisotopic (exact) mass is 312 g/mol. The predicted octanol–water partition coefficient (Wildman–Crippen LogP) is 3.51. The molecule has 0 saturated heterocycles. The first kappa shape index (κ1) is 18.5. The third-order valence-electron chi connectivity index (χ3n) is 3.93. The van der Waals surface area contributed by atoms with E-state index in [0.717, 1.165) is 19.3 Å². The van der Waals surface area contributed by atoms with Crippen LogP contribution in [0.15, 0.2) is 12.3 Å². The molecule has 0 aromatic carbocycles. The van der Waals surface area contributed by atoms with Crippen LogP contribution in [0.5, 0.6) is 0 Å². The minimum atomic E-state index is -0.989. The highest BCUT2D eigenvalue weighted by Crippen LogP contribution is 2.33. The van der Waals surface area contributed by atoms with Crippen molar-refractivity contribution in [3.8, 4) is 0 Å². The van der Waals surface area contributed by atoms with E-state index in [1.54, 1.807) is 13.0 Å². The Labute approximate surface area is 133 Å². The molecule has 1 aliphatic heterocycles. The lowest BCUT2D eigenvalue weighted by Crippen LogP contribution is -2.55. The quantitative estimate of drug-likeness (QED) is 0.507. The molecule has 0 saturated carbocycles. The average Bonchev–Trinajstić information content (AvgIpc) is 2.41. The van der Waals surface area contributed by atoms with Crippen molar-refractivity contribution in [2.24, 2.45) is 0 Å². The summed E-state index contributed by atoms with van der Waals surface area (Å²) in [6.07, 6.45) is 8.70. The topological polar surface area (TPSA) is 61.8 Å². The van der Waals surface area contributed by atoms with E-state index in [2.05, 4.69) is 6.92 Å². The minimum absolute atomic E-state index is 0.313. The van der Waals surface area contributed by atoms with Crippen LogP contribution in [0.1, 0.15) is 66.2 Å². The molecule has 0 aromatic heterocycles. The largest absolute Gasteiger partial charge is 0.494 e. The van der Waals surface area contributed by atoms with Crippen molar-refractivity contribution >= 4 is 11.9 Å². The van der Waals surface area contributed by atoms with E-state index in [1.807, 2.05) is 0 Å². The molecule has 3 atom stereocenters. The third kappa shape index (κ3) is 5.35. The second kappa shape index (κ2) is 8.81. The van der Waals surface area contributed by atoms with Crippen LogP contribution >= 0.6 is 0 Å². The van der Waals surface area contributed by atoms with Gasteiger partial charge in [-0.2, -0.15) is 0 Å². The summed E-state index contributed by atoms with van der Waals surface area (Å²) in [7, 11) is 0. The maximum absolute atomic E-state index is 11.5. The van der Waals surface area contributed by atoms with Gasteiger partial charge in [-0.3, -0.25) is 9.59 Å². The van der Waals surface area contributed by atoms with Gasteiger partial charge in [-0.05, 0) is 25.8 Å². The Morgan fingerprint density at radius 3 is 2.41 bits per heavy atom. The van der Waals surface area contributed by atoms with E-state index in [4.69, 9.17) is 14.2 Å². The van der Waals surface area contributed by atoms with Gasteiger partial charge in [-0.25, -0.2) is 0 Å². The SMILES string of the molecule is CCCCCCC[C@H]1OC=C[C@@H](OC(C)=O)[C@@]1(C)OC(C)=O. The molecule has 22 heavy (non-hydrogen) atoms. The van der Waals surface area contributed by atoms with E-state index >= 15 is 0 Å². The summed E-state index contributed by atoms with van der Waals surface area (Å²) in [5.41, 5.74) is -0.989. The van der Waals surface area contributed by atoms with Crippen LogP contribution in [0.4, 0.5) is 0 Å². The molecule has 0 amide bonds. The van der Waals surface area contributed by atoms with Gasteiger partial charge in [0, 0.05) is 13.8 Å². The lowest BCUT2D eigenvalue weighted by atomic mass is 9.86. The molecule has 126 valence electrons. The smallest absolute Gasteiger partial charge is 0.303 e. The molecule has 5 heteroatoms. The molecule has 0 bridgehead atoms. The normalized spacial score (nSPS) is 27.1. The van der Waals surface area contributed by atoms with Crippen molar-refractivity contribution in [2.45, 2.75) is 84.0 Å². The Morgan fingerprint density at radius 2 is 1.82 bits per heavy atom. The second-order valence-corrected chi connectivity index (χ2v) is 5.96. The summed E-state index contributed by atoms with van der Waals surface area (Å²) in [5.74, 6) is -0.814. The van der Waals surface area contributed by atoms with Crippen LogP contribution < -0.4 is 0 Å². The van der Waals surface area contributed by atoms with Gasteiger partial charge in [0.05, 0.1) is 6.26 Å². The minimum Gasteiger partial charge on any atom is -0.494 e. The van der Waals surface area contributed by atoms with Gasteiger partial charge < -0.3 is 14.2 Å². The van der Waals surface area contributed by atoms with Crippen LogP contribution in [-0.2, 0) is 23.8 Å². The van der Waals surface area contributed by atoms with Gasteiger partial charge in [-0.15, -0.1) is 0 Å². The molecule has 0 spiro atoms. The van der Waals surface area contributed by atoms with E-state index in [0.29, 0.717) is 0 Å². The van der Waals surface area contributed by atoms with Crippen molar-refractivity contribution < 1.29 is 23.8 Å². The summed E-state index contributed by atoms with van der Waals surface area (Å²) in [5, 5.41) is 0. The molecular formula is C17H28O5. The van der Waals surface area contributed by atoms with Crippen molar-refractivity contribution in [3.63, 3.8) is 0 Å². The Kier molecular flexibility index (Phi) is 7.42. The van der Waals surface area contributed by atoms with Gasteiger partial charge in [-0.1, -0.05) is 32.6 Å². The van der Waals surface area contributed by atoms with E-state index in [1.165, 1.54) is 39.4 Å². The van der Waals surface area contributed by atoms with E-state index < -0.39 is 23.6 Å². The predicted molar refractivity (Wildman–Crippen MR) is 83.1 cm³/mol. The first-order valence-corrected chi connectivity index (χ1v) is 8.09. The molecule has 0 N–H and O–H groups in total. The van der Waals surface area contributed by atoms with Gasteiger partial charge in [0.2, 0.25) is 0 Å². The lowest BCUT2D eigenvalue weighted by Gasteiger charge is -2.42. The zero-order chi connectivity index (χ0) is 16.6. The number of esters is 2. The number of ether oxygens (including phenoxy) is 3. The highest BCUT2D eigenvalue weighted by molar-refractivity contribution is 5.68. The Balaban J connectivity index is 2.73. The van der Waals surface area contributed by atoms with Crippen LogP contribution in [0, 0.1) is 0 Å². The number of hydrogen-bond acceptors (Lipinski definition) is 5. The van der Waals surface area contributed by atoms with Gasteiger partial charge in [0.25, 0.3) is 0 Å². The molecule has 1 heterocycles. The first-order chi connectivity index (χ1) is 10.4. The Hall–Kier alpha value is -1.52. The maximum atomic E-state index is 11.5. The zero-order valence-electron chi connectivity index (χ0n) is 14.1. The molecule has 0 radical (unpaired) electrons. The van der Waals surface area contributed by atoms with Crippen molar-refractivity contribution in [1.29, 1.82) is 0 Å². The fourth-order valence-corrected chi connectivity index (χ4v) is 2.78. The van der Waals surface area contributed by atoms with Gasteiger partial charge in [0.15, 0.2) is 11.7 Å². The van der Waals surface area contributed by atoms with E-state index in [-0.39, 0.29) is 6.10 Å². The molecule has 1 aliphatic rings. The molecule has 0 aliphatic carbocycles. The van der Waals surface area contributed by atoms with Crippen LogP contribution in [0.2, 0.25) is 0 Å². The number of carbonyl (C=O) groups excluding carboxylic acids is 2. The Morgan fingerprint density at radius 1 is 1.14 bits per heavy atom. The number of unbranched alkanes of at least 4 members (excludes halogenated alkanes) is 4. The molecule has 1 rings (SSSR count). The van der Waals surface area contributed by atoms with Crippen LogP contribution in [0.3, 0.4) is 0 Å². The fourth-order valence-electron chi connectivity index (χ4n) is 2.78. The standard InChI is InChI=1S/C17H28O5/c1-5-6-7-8-9-10-15-17(4,22-14(3)19)16(11-12-20-15)21-13(2)18/h11-12,15-16H,5-10H2,1-4H3/t15-,16-,17+/m1/s1. The van der Waals surface area contributed by atoms with Crippen molar-refractivity contribution in [1.82, 2.24) is 0 Å². The van der Waals surface area contributed by atoms with Crippen molar-refractivity contribution in [2.75, 3.05) is 0 Å². The lowest BCUT2D eigenvalue weighted by molar-refractivity contribution is -0.199. The maximum Gasteiger partial charge on any atom is 0.303 e. The second-order valence-electron chi connectivity index (χ2n) is 5.96. The number of carbonyl (C=O) groups is 2. The number of rotatable bonds is 8. The van der Waals surface area contributed by atoms with E-state index in [9.17, 15) is 9.59 Å². The molecule has 0 aromatic rings. The highest BCUT2D eigenvalue weighted by atomic mass is 16.6. The summed E-state index contributed by atoms with van der Waals surface area (Å²) in [4.78, 5) is 22.8. The summed E-state index contributed by atoms with van der Waals surface area (Å²) >= 11 is 0. The third-order valence-corrected chi connectivity index (χ3v) is 3.93. The molecular weight excluding hydrogens is 284 g/mol. The Bertz CT molecular complexity index is 404. The van der Waals surface area contributed by atoms with Crippen LogP contribution in [-0.4, -0.2) is 29.7 Å². The van der Waals surface area contributed by atoms with Crippen molar-refractivity contribution in [3.05, 3.63) is 12.3 Å². The molecule has 5 nitrogen and oxygen atoms in total. The fraction of sp³-hybridized carbons (Fsp3) is 0.765. The molecule has 0 unspecified atom stereocenters. The number of hydrogen-bond donors (Lipinski definition) is 0. The highest BCUT2D eigenvalue weighted by Gasteiger charge is 2.48. The molecule has 0 fully saturated rings.